The molecule has 0 saturated heterocycles. The molecule has 20 heavy (non-hydrogen) atoms. The first kappa shape index (κ1) is 15.6. The zero-order chi connectivity index (χ0) is 14.5. The number of rotatable bonds is 5. The largest absolute Gasteiger partial charge is 0.296 e. The van der Waals surface area contributed by atoms with Gasteiger partial charge in [0.05, 0.1) is 6.54 Å². The summed E-state index contributed by atoms with van der Waals surface area (Å²) in [5.74, 6) is 1.09. The van der Waals surface area contributed by atoms with Crippen LogP contribution in [0, 0.1) is 5.92 Å². The number of hydrogen-bond acceptors (Lipinski definition) is 3. The Kier molecular flexibility index (Phi) is 5.67. The highest BCUT2D eigenvalue weighted by Gasteiger charge is 2.23. The highest BCUT2D eigenvalue weighted by atomic mass is 32.2. The second-order valence-electron chi connectivity index (χ2n) is 5.98. The molecule has 2 rings (SSSR count). The SMILES string of the molecule is CSc1ccc(C(=O)CN(C)C2CCC(C)CC2)cc1. The van der Waals surface area contributed by atoms with Crippen LogP contribution in [-0.4, -0.2) is 36.6 Å². The lowest BCUT2D eigenvalue weighted by atomic mass is 9.86. The molecule has 1 aliphatic carbocycles. The first-order chi connectivity index (χ1) is 9.60. The van der Waals surface area contributed by atoms with Crippen LogP contribution in [0.3, 0.4) is 0 Å². The highest BCUT2D eigenvalue weighted by molar-refractivity contribution is 7.98. The monoisotopic (exact) mass is 291 g/mol. The molecule has 0 heterocycles. The van der Waals surface area contributed by atoms with Gasteiger partial charge < -0.3 is 0 Å². The number of ketones is 1. The Morgan fingerprint density at radius 2 is 1.80 bits per heavy atom. The van der Waals surface area contributed by atoms with Crippen molar-refractivity contribution in [2.45, 2.75) is 43.5 Å². The Morgan fingerprint density at radius 3 is 2.35 bits per heavy atom. The minimum absolute atomic E-state index is 0.235. The van der Waals surface area contributed by atoms with Crippen molar-refractivity contribution in [3.63, 3.8) is 0 Å². The summed E-state index contributed by atoms with van der Waals surface area (Å²) >= 11 is 1.70. The average Bonchev–Trinajstić information content (AvgIpc) is 2.48. The predicted octanol–water partition coefficient (Wildman–Crippen LogP) is 4.10. The second kappa shape index (κ2) is 7.28. The minimum atomic E-state index is 0.235. The molecule has 0 bridgehead atoms. The molecule has 0 spiro atoms. The molecule has 110 valence electrons. The summed E-state index contributed by atoms with van der Waals surface area (Å²) in [7, 11) is 2.09. The van der Waals surface area contributed by atoms with E-state index in [2.05, 4.69) is 25.1 Å². The Labute approximate surface area is 126 Å². The number of nitrogens with zero attached hydrogens (tertiary/aromatic N) is 1. The van der Waals surface area contributed by atoms with E-state index in [4.69, 9.17) is 0 Å². The van der Waals surface area contributed by atoms with E-state index in [9.17, 15) is 4.79 Å². The lowest BCUT2D eigenvalue weighted by Crippen LogP contribution is -2.38. The van der Waals surface area contributed by atoms with Crippen molar-refractivity contribution in [3.8, 4) is 0 Å². The van der Waals surface area contributed by atoms with Gasteiger partial charge in [0.25, 0.3) is 0 Å². The summed E-state index contributed by atoms with van der Waals surface area (Å²) in [6, 6.07) is 8.54. The van der Waals surface area contributed by atoms with Gasteiger partial charge in [0.1, 0.15) is 0 Å². The number of hydrogen-bond donors (Lipinski definition) is 0. The number of carbonyl (C=O) groups excluding carboxylic acids is 1. The molecule has 0 radical (unpaired) electrons. The summed E-state index contributed by atoms with van der Waals surface area (Å²) in [6.45, 7) is 2.87. The van der Waals surface area contributed by atoms with Gasteiger partial charge in [0.2, 0.25) is 0 Å². The molecule has 1 fully saturated rings. The molecule has 0 N–H and O–H groups in total. The summed E-state index contributed by atoms with van der Waals surface area (Å²) in [4.78, 5) is 15.8. The average molecular weight is 291 g/mol. The molecule has 0 amide bonds. The van der Waals surface area contributed by atoms with Gasteiger partial charge in [-0.1, -0.05) is 19.1 Å². The lowest BCUT2D eigenvalue weighted by Gasteiger charge is -2.33. The van der Waals surface area contributed by atoms with Crippen molar-refractivity contribution in [3.05, 3.63) is 29.8 Å². The third kappa shape index (κ3) is 4.10. The summed E-state index contributed by atoms with van der Waals surface area (Å²) in [6.07, 6.45) is 7.11. The molecule has 0 atom stereocenters. The summed E-state index contributed by atoms with van der Waals surface area (Å²) in [5.41, 5.74) is 0.832. The van der Waals surface area contributed by atoms with Gasteiger partial charge in [0.15, 0.2) is 5.78 Å². The van der Waals surface area contributed by atoms with Crippen molar-refractivity contribution in [2.24, 2.45) is 5.92 Å². The number of carbonyl (C=O) groups is 1. The van der Waals surface area contributed by atoms with Crippen LogP contribution in [0.25, 0.3) is 0 Å². The first-order valence-electron chi connectivity index (χ1n) is 7.47. The van der Waals surface area contributed by atoms with Crippen molar-refractivity contribution in [1.82, 2.24) is 4.90 Å². The van der Waals surface area contributed by atoms with Crippen LogP contribution < -0.4 is 0 Å². The van der Waals surface area contributed by atoms with E-state index in [1.54, 1.807) is 11.8 Å². The lowest BCUT2D eigenvalue weighted by molar-refractivity contribution is 0.0888. The molecule has 1 aliphatic rings. The first-order valence-corrected chi connectivity index (χ1v) is 8.70. The van der Waals surface area contributed by atoms with E-state index in [0.717, 1.165) is 11.5 Å². The smallest absolute Gasteiger partial charge is 0.176 e. The molecular weight excluding hydrogens is 266 g/mol. The summed E-state index contributed by atoms with van der Waals surface area (Å²) in [5, 5.41) is 0. The Morgan fingerprint density at radius 1 is 1.20 bits per heavy atom. The van der Waals surface area contributed by atoms with E-state index >= 15 is 0 Å². The highest BCUT2D eigenvalue weighted by Crippen LogP contribution is 2.26. The van der Waals surface area contributed by atoms with Crippen molar-refractivity contribution >= 4 is 17.5 Å². The van der Waals surface area contributed by atoms with Gasteiger partial charge >= 0.3 is 0 Å². The minimum Gasteiger partial charge on any atom is -0.296 e. The molecular formula is C17H25NOS. The fraction of sp³-hybridized carbons (Fsp3) is 0.588. The number of benzene rings is 1. The molecule has 1 aromatic rings. The van der Waals surface area contributed by atoms with E-state index in [1.165, 1.54) is 30.6 Å². The Balaban J connectivity index is 1.89. The van der Waals surface area contributed by atoms with Crippen LogP contribution in [0.15, 0.2) is 29.2 Å². The molecule has 0 aromatic heterocycles. The molecule has 1 aromatic carbocycles. The zero-order valence-corrected chi connectivity index (χ0v) is 13.6. The molecule has 1 saturated carbocycles. The van der Waals surface area contributed by atoms with Crippen LogP contribution in [0.5, 0.6) is 0 Å². The van der Waals surface area contributed by atoms with Gasteiger partial charge in [-0.2, -0.15) is 0 Å². The number of likely N-dealkylation sites (N-methyl/N-ethyl adjacent to an activating group) is 1. The fourth-order valence-corrected chi connectivity index (χ4v) is 3.32. The van der Waals surface area contributed by atoms with Crippen LogP contribution in [0.1, 0.15) is 43.0 Å². The van der Waals surface area contributed by atoms with Crippen molar-refractivity contribution in [2.75, 3.05) is 19.8 Å². The van der Waals surface area contributed by atoms with Gasteiger partial charge in [-0.25, -0.2) is 0 Å². The molecule has 3 heteroatoms. The standard InChI is InChI=1S/C17H25NOS/c1-13-4-8-15(9-5-13)18(2)12-17(19)14-6-10-16(20-3)11-7-14/h6-7,10-11,13,15H,4-5,8-9,12H2,1-3H3. The third-order valence-electron chi connectivity index (χ3n) is 4.41. The van der Waals surface area contributed by atoms with Gasteiger partial charge in [-0.05, 0) is 57.0 Å². The van der Waals surface area contributed by atoms with Crippen LogP contribution in [0.4, 0.5) is 0 Å². The second-order valence-corrected chi connectivity index (χ2v) is 6.86. The maximum Gasteiger partial charge on any atom is 0.176 e. The zero-order valence-electron chi connectivity index (χ0n) is 12.8. The van der Waals surface area contributed by atoms with E-state index in [-0.39, 0.29) is 5.78 Å². The Hall–Kier alpha value is -0.800. The van der Waals surface area contributed by atoms with Gasteiger partial charge in [-0.3, -0.25) is 9.69 Å². The van der Waals surface area contributed by atoms with Crippen LogP contribution >= 0.6 is 11.8 Å². The fourth-order valence-electron chi connectivity index (χ4n) is 2.91. The van der Waals surface area contributed by atoms with Crippen LogP contribution in [-0.2, 0) is 0 Å². The number of thioether (sulfide) groups is 1. The van der Waals surface area contributed by atoms with Crippen LogP contribution in [0.2, 0.25) is 0 Å². The Bertz CT molecular complexity index is 435. The topological polar surface area (TPSA) is 20.3 Å². The third-order valence-corrected chi connectivity index (χ3v) is 5.16. The molecule has 0 unspecified atom stereocenters. The van der Waals surface area contributed by atoms with Crippen molar-refractivity contribution < 1.29 is 4.79 Å². The van der Waals surface area contributed by atoms with Crippen molar-refractivity contribution in [1.29, 1.82) is 0 Å². The quantitative estimate of drug-likeness (QED) is 0.602. The van der Waals surface area contributed by atoms with Gasteiger partial charge in [0, 0.05) is 16.5 Å². The predicted molar refractivity (Wildman–Crippen MR) is 86.6 cm³/mol. The van der Waals surface area contributed by atoms with Gasteiger partial charge in [-0.15, -0.1) is 11.8 Å². The normalized spacial score (nSPS) is 23.0. The summed E-state index contributed by atoms with van der Waals surface area (Å²) < 4.78 is 0. The van der Waals surface area contributed by atoms with E-state index in [0.29, 0.717) is 12.6 Å². The maximum atomic E-state index is 12.3. The number of Topliss-reactive ketones (excluding diaryl/α,β-unsaturated/α-hetero) is 1. The maximum absolute atomic E-state index is 12.3. The van der Waals surface area contributed by atoms with E-state index < -0.39 is 0 Å². The molecule has 0 aliphatic heterocycles. The molecule has 2 nitrogen and oxygen atoms in total. The van der Waals surface area contributed by atoms with E-state index in [1.807, 2.05) is 24.3 Å².